The van der Waals surface area contributed by atoms with E-state index < -0.39 is 38.1 Å². The Hall–Kier alpha value is -3.41. The molecular formula is C26H23ClF3N5O2S. The van der Waals surface area contributed by atoms with Crippen LogP contribution in [0.15, 0.2) is 65.8 Å². The molecule has 0 spiro atoms. The highest BCUT2D eigenvalue weighted by Crippen LogP contribution is 2.37. The van der Waals surface area contributed by atoms with Crippen molar-refractivity contribution in [2.75, 3.05) is 24.9 Å². The SMILES string of the molecule is CN1CCC(n2cc(-c3ccnc(Cl)c3)c(-c3cccc(NS(=O)(=O)c4cc(F)ccc4F)c3F)n2)CC1. The second-order valence-corrected chi connectivity index (χ2v) is 11.2. The minimum Gasteiger partial charge on any atom is -0.306 e. The fourth-order valence-corrected chi connectivity index (χ4v) is 5.82. The summed E-state index contributed by atoms with van der Waals surface area (Å²) in [6.45, 7) is 1.77. The quantitative estimate of drug-likeness (QED) is 0.303. The number of likely N-dealkylation sites (tertiary alicyclic amines) is 1. The minimum absolute atomic E-state index is 0.0273. The Morgan fingerprint density at radius 2 is 1.79 bits per heavy atom. The summed E-state index contributed by atoms with van der Waals surface area (Å²) in [4.78, 5) is 5.31. The molecule has 0 atom stereocenters. The van der Waals surface area contributed by atoms with E-state index in [9.17, 15) is 17.2 Å². The molecule has 0 bridgehead atoms. The Morgan fingerprint density at radius 1 is 1.03 bits per heavy atom. The molecule has 3 heterocycles. The van der Waals surface area contributed by atoms with Gasteiger partial charge in [-0.05, 0) is 81.0 Å². The Bertz CT molecular complexity index is 1600. The highest BCUT2D eigenvalue weighted by molar-refractivity contribution is 7.92. The predicted octanol–water partition coefficient (Wildman–Crippen LogP) is 5.75. The van der Waals surface area contributed by atoms with E-state index >= 15 is 4.39 Å². The highest BCUT2D eigenvalue weighted by atomic mass is 35.5. The topological polar surface area (TPSA) is 80.1 Å². The highest BCUT2D eigenvalue weighted by Gasteiger charge is 2.26. The molecular weight excluding hydrogens is 539 g/mol. The van der Waals surface area contributed by atoms with E-state index in [2.05, 4.69) is 9.88 Å². The molecule has 0 saturated carbocycles. The van der Waals surface area contributed by atoms with Gasteiger partial charge in [0.15, 0.2) is 5.82 Å². The molecule has 0 unspecified atom stereocenters. The zero-order valence-corrected chi connectivity index (χ0v) is 21.8. The molecule has 7 nitrogen and oxygen atoms in total. The van der Waals surface area contributed by atoms with Gasteiger partial charge in [-0.3, -0.25) is 9.40 Å². The normalized spacial score (nSPS) is 15.1. The molecule has 0 radical (unpaired) electrons. The number of nitrogens with one attached hydrogen (secondary N) is 1. The number of hydrogen-bond donors (Lipinski definition) is 1. The zero-order chi connectivity index (χ0) is 27.0. The maximum absolute atomic E-state index is 15.9. The van der Waals surface area contributed by atoms with Crippen molar-refractivity contribution < 1.29 is 21.6 Å². The average Bonchev–Trinajstić information content (AvgIpc) is 3.32. The number of rotatable bonds is 6. The molecule has 1 aliphatic rings. The van der Waals surface area contributed by atoms with E-state index in [1.54, 1.807) is 12.1 Å². The van der Waals surface area contributed by atoms with E-state index in [1.165, 1.54) is 24.4 Å². The van der Waals surface area contributed by atoms with Crippen molar-refractivity contribution in [1.29, 1.82) is 0 Å². The van der Waals surface area contributed by atoms with Crippen LogP contribution in [0, 0.1) is 17.5 Å². The average molecular weight is 562 g/mol. The standard InChI is InChI=1S/C26H23ClF3N5O2S/c1-34-11-8-18(9-12-34)35-15-20(16-7-10-31-24(27)13-16)26(32-35)19-3-2-4-22(25(19)30)33-38(36,37)23-14-17(28)5-6-21(23)29/h2-7,10,13-15,18,33H,8-9,11-12H2,1H3. The van der Waals surface area contributed by atoms with Gasteiger partial charge in [0, 0.05) is 23.5 Å². The van der Waals surface area contributed by atoms with Crippen LogP contribution in [-0.2, 0) is 10.0 Å². The molecule has 38 heavy (non-hydrogen) atoms. The molecule has 0 aliphatic carbocycles. The predicted molar refractivity (Wildman–Crippen MR) is 139 cm³/mol. The first-order chi connectivity index (χ1) is 18.1. The Labute approximate surface area is 222 Å². The third kappa shape index (κ3) is 5.27. The molecule has 0 amide bonds. The zero-order valence-electron chi connectivity index (χ0n) is 20.2. The van der Waals surface area contributed by atoms with Gasteiger partial charge in [-0.2, -0.15) is 5.10 Å². The third-order valence-electron chi connectivity index (χ3n) is 6.51. The van der Waals surface area contributed by atoms with Crippen LogP contribution in [0.2, 0.25) is 5.15 Å². The summed E-state index contributed by atoms with van der Waals surface area (Å²) < 4.78 is 73.2. The summed E-state index contributed by atoms with van der Waals surface area (Å²) >= 11 is 6.12. The number of hydrogen-bond acceptors (Lipinski definition) is 5. The number of benzene rings is 2. The number of sulfonamides is 1. The van der Waals surface area contributed by atoms with E-state index in [0.717, 1.165) is 32.0 Å². The van der Waals surface area contributed by atoms with Crippen molar-refractivity contribution in [2.24, 2.45) is 0 Å². The number of nitrogens with zero attached hydrogens (tertiary/aromatic N) is 4. The van der Waals surface area contributed by atoms with Crippen molar-refractivity contribution in [3.05, 3.63) is 83.5 Å². The van der Waals surface area contributed by atoms with Crippen LogP contribution in [0.5, 0.6) is 0 Å². The van der Waals surface area contributed by atoms with Crippen molar-refractivity contribution in [2.45, 2.75) is 23.8 Å². The first-order valence-electron chi connectivity index (χ1n) is 11.8. The Kier molecular flexibility index (Phi) is 7.17. The summed E-state index contributed by atoms with van der Waals surface area (Å²) in [5, 5.41) is 4.97. The van der Waals surface area contributed by atoms with E-state index in [0.29, 0.717) is 23.3 Å². The van der Waals surface area contributed by atoms with Crippen LogP contribution in [0.3, 0.4) is 0 Å². The lowest BCUT2D eigenvalue weighted by Crippen LogP contribution is -2.31. The molecule has 1 aliphatic heterocycles. The smallest absolute Gasteiger partial charge is 0.265 e. The van der Waals surface area contributed by atoms with Gasteiger partial charge in [0.25, 0.3) is 10.0 Å². The molecule has 5 rings (SSSR count). The summed E-state index contributed by atoms with van der Waals surface area (Å²) in [7, 11) is -2.59. The van der Waals surface area contributed by atoms with Gasteiger partial charge in [-0.1, -0.05) is 17.7 Å². The fraction of sp³-hybridized carbons (Fsp3) is 0.231. The van der Waals surface area contributed by atoms with Crippen molar-refractivity contribution in [3.63, 3.8) is 0 Å². The maximum atomic E-state index is 15.9. The van der Waals surface area contributed by atoms with Gasteiger partial charge < -0.3 is 4.90 Å². The van der Waals surface area contributed by atoms with E-state index in [1.807, 2.05) is 22.6 Å². The van der Waals surface area contributed by atoms with Crippen molar-refractivity contribution in [1.82, 2.24) is 19.7 Å². The largest absolute Gasteiger partial charge is 0.306 e. The van der Waals surface area contributed by atoms with Crippen molar-refractivity contribution >= 4 is 27.3 Å². The lowest BCUT2D eigenvalue weighted by molar-refractivity contribution is 0.212. The second kappa shape index (κ2) is 10.4. The third-order valence-corrected chi connectivity index (χ3v) is 8.10. The molecule has 1 fully saturated rings. The summed E-state index contributed by atoms with van der Waals surface area (Å²) in [5.74, 6) is -3.02. The monoisotopic (exact) mass is 561 g/mol. The van der Waals surface area contributed by atoms with Crippen LogP contribution in [0.25, 0.3) is 22.4 Å². The first-order valence-corrected chi connectivity index (χ1v) is 13.6. The van der Waals surface area contributed by atoms with Crippen LogP contribution in [0.4, 0.5) is 18.9 Å². The molecule has 198 valence electrons. The second-order valence-electron chi connectivity index (χ2n) is 9.12. The maximum Gasteiger partial charge on any atom is 0.265 e. The van der Waals surface area contributed by atoms with E-state index in [4.69, 9.17) is 16.7 Å². The van der Waals surface area contributed by atoms with E-state index in [-0.39, 0.29) is 22.5 Å². The molecule has 4 aromatic rings. The minimum atomic E-state index is -4.63. The molecule has 2 aromatic heterocycles. The van der Waals surface area contributed by atoms with Crippen LogP contribution in [-0.4, -0.2) is 48.2 Å². The summed E-state index contributed by atoms with van der Waals surface area (Å²) in [6.07, 6.45) is 5.07. The van der Waals surface area contributed by atoms with Gasteiger partial charge in [0.2, 0.25) is 0 Å². The summed E-state index contributed by atoms with van der Waals surface area (Å²) in [6, 6.07) is 9.61. The summed E-state index contributed by atoms with van der Waals surface area (Å²) in [5.41, 5.74) is 1.12. The fourth-order valence-electron chi connectivity index (χ4n) is 4.49. The van der Waals surface area contributed by atoms with Gasteiger partial charge in [-0.15, -0.1) is 0 Å². The van der Waals surface area contributed by atoms with Gasteiger partial charge in [-0.25, -0.2) is 26.6 Å². The first kappa shape index (κ1) is 26.2. The molecule has 2 aromatic carbocycles. The molecule has 1 saturated heterocycles. The van der Waals surface area contributed by atoms with Crippen LogP contribution in [0.1, 0.15) is 18.9 Å². The Morgan fingerprint density at radius 3 is 2.53 bits per heavy atom. The number of piperidine rings is 1. The van der Waals surface area contributed by atoms with Gasteiger partial charge in [0.05, 0.1) is 11.7 Å². The number of anilines is 1. The van der Waals surface area contributed by atoms with Crippen LogP contribution >= 0.6 is 11.6 Å². The number of halogens is 4. The lowest BCUT2D eigenvalue weighted by Gasteiger charge is -2.29. The van der Waals surface area contributed by atoms with Gasteiger partial charge in [0.1, 0.15) is 27.4 Å². The molecule has 12 heteroatoms. The number of pyridine rings is 1. The van der Waals surface area contributed by atoms with Gasteiger partial charge >= 0.3 is 0 Å². The number of aromatic nitrogens is 3. The van der Waals surface area contributed by atoms with Crippen LogP contribution < -0.4 is 4.72 Å². The van der Waals surface area contributed by atoms with Crippen molar-refractivity contribution in [3.8, 4) is 22.4 Å². The molecule has 1 N–H and O–H groups in total. The Balaban J connectivity index is 1.58. The lowest BCUT2D eigenvalue weighted by atomic mass is 10.0.